The van der Waals surface area contributed by atoms with Crippen LogP contribution in [-0.2, 0) is 22.3 Å². The number of alkyl halides is 3. The van der Waals surface area contributed by atoms with Gasteiger partial charge in [0.15, 0.2) is 5.82 Å². The molecule has 3 aromatic rings. The van der Waals surface area contributed by atoms with Crippen LogP contribution in [0.2, 0.25) is 0 Å². The van der Waals surface area contributed by atoms with Crippen molar-refractivity contribution < 1.29 is 22.8 Å². The van der Waals surface area contributed by atoms with Crippen LogP contribution in [0, 0.1) is 11.8 Å². The number of anilines is 1. The Morgan fingerprint density at radius 1 is 1.07 bits per heavy atom. The average molecular weight is 570 g/mol. The van der Waals surface area contributed by atoms with Crippen LogP contribution in [0.15, 0.2) is 53.5 Å². The summed E-state index contributed by atoms with van der Waals surface area (Å²) in [6.45, 7) is 8.51. The minimum atomic E-state index is -4.49. The minimum Gasteiger partial charge on any atom is -0.326 e. The van der Waals surface area contributed by atoms with Crippen molar-refractivity contribution in [2.75, 3.05) is 11.9 Å². The van der Waals surface area contributed by atoms with Crippen molar-refractivity contribution in [1.29, 1.82) is 0 Å². The molecule has 0 aliphatic carbocycles. The summed E-state index contributed by atoms with van der Waals surface area (Å²) in [5.41, 5.74) is 0.985. The first-order valence-electron chi connectivity index (χ1n) is 13.6. The molecule has 218 valence electrons. The molecule has 0 bridgehead atoms. The van der Waals surface area contributed by atoms with Gasteiger partial charge in [0, 0.05) is 36.6 Å². The lowest BCUT2D eigenvalue weighted by Crippen LogP contribution is -2.48. The summed E-state index contributed by atoms with van der Waals surface area (Å²) in [5.74, 6) is -1.03. The fourth-order valence-electron chi connectivity index (χ4n) is 5.04. The number of amides is 2. The van der Waals surface area contributed by atoms with E-state index in [1.807, 2.05) is 27.7 Å². The highest BCUT2D eigenvalue weighted by atomic mass is 19.4. The molecule has 0 radical (unpaired) electrons. The summed E-state index contributed by atoms with van der Waals surface area (Å²) in [7, 11) is 1.58. The number of benzodiazepines with no additional fused rings is 1. The van der Waals surface area contributed by atoms with Gasteiger partial charge in [-0.25, -0.2) is 9.67 Å². The van der Waals surface area contributed by atoms with Gasteiger partial charge in [-0.05, 0) is 47.4 Å². The van der Waals surface area contributed by atoms with Gasteiger partial charge >= 0.3 is 6.18 Å². The third-order valence-electron chi connectivity index (χ3n) is 7.18. The number of fused-ring (bicyclic) bond motifs is 1. The van der Waals surface area contributed by atoms with Gasteiger partial charge in [0.2, 0.25) is 12.1 Å². The Kier molecular flexibility index (Phi) is 8.89. The largest absolute Gasteiger partial charge is 0.416 e. The quantitative estimate of drug-likeness (QED) is 0.398. The Labute approximate surface area is 236 Å². The first-order chi connectivity index (χ1) is 19.4. The topological polar surface area (TPSA) is 105 Å². The number of carbonyl (C=O) groups excluding carboxylic acids is 2. The van der Waals surface area contributed by atoms with E-state index >= 15 is 0 Å². The third kappa shape index (κ3) is 6.47. The smallest absolute Gasteiger partial charge is 0.326 e. The van der Waals surface area contributed by atoms with E-state index in [0.717, 1.165) is 18.6 Å². The fraction of sp³-hybridized carbons (Fsp3) is 0.448. The summed E-state index contributed by atoms with van der Waals surface area (Å²) in [6, 6.07) is 11.6. The number of nitrogens with zero attached hydrogens (tertiary/aromatic N) is 6. The van der Waals surface area contributed by atoms with Crippen molar-refractivity contribution in [3.05, 3.63) is 71.0 Å². The lowest BCUT2D eigenvalue weighted by atomic mass is 9.85. The molecular formula is C29H34F3N7O2. The van der Waals surface area contributed by atoms with Crippen molar-refractivity contribution >= 4 is 23.2 Å². The number of benzene rings is 2. The van der Waals surface area contributed by atoms with Gasteiger partial charge in [-0.15, -0.1) is 5.10 Å². The van der Waals surface area contributed by atoms with Crippen molar-refractivity contribution in [3.63, 3.8) is 0 Å². The lowest BCUT2D eigenvalue weighted by Gasteiger charge is -2.26. The number of hydrogen-bond acceptors (Lipinski definition) is 6. The normalized spacial score (nSPS) is 17.1. The zero-order valence-corrected chi connectivity index (χ0v) is 23.7. The van der Waals surface area contributed by atoms with Crippen LogP contribution in [0.5, 0.6) is 0 Å². The van der Waals surface area contributed by atoms with Crippen LogP contribution in [0.3, 0.4) is 0 Å². The van der Waals surface area contributed by atoms with Crippen LogP contribution in [0.1, 0.15) is 69.0 Å². The number of carbonyl (C=O) groups is 2. The van der Waals surface area contributed by atoms with Gasteiger partial charge in [-0.2, -0.15) is 13.2 Å². The monoisotopic (exact) mass is 569 g/mol. The Morgan fingerprint density at radius 2 is 1.76 bits per heavy atom. The minimum absolute atomic E-state index is 0.159. The number of tetrazole rings is 1. The van der Waals surface area contributed by atoms with E-state index in [1.165, 1.54) is 17.0 Å². The predicted octanol–water partition coefficient (Wildman–Crippen LogP) is 4.82. The molecule has 3 atom stereocenters. The number of rotatable bonds is 9. The molecule has 1 aliphatic heterocycles. The summed E-state index contributed by atoms with van der Waals surface area (Å²) in [6.07, 6.45) is -4.46. The second-order valence-electron chi connectivity index (χ2n) is 10.7. The molecule has 4 rings (SSSR count). The molecule has 2 aromatic carbocycles. The lowest BCUT2D eigenvalue weighted by molar-refractivity contribution is -0.137. The predicted molar refractivity (Wildman–Crippen MR) is 148 cm³/mol. The van der Waals surface area contributed by atoms with Gasteiger partial charge in [0.05, 0.1) is 17.0 Å². The van der Waals surface area contributed by atoms with E-state index in [0.29, 0.717) is 41.3 Å². The van der Waals surface area contributed by atoms with E-state index in [-0.39, 0.29) is 17.7 Å². The molecular weight excluding hydrogens is 535 g/mol. The standard InChI is InChI=1S/C29H34F3N7O2/c1-6-15-39-26(35-36-37-39)18(4)22(16-17(2)3)27(40)34-25-28(41)38(5)23-10-8-7-9-21(23)24(33-25)19-11-13-20(14-12-19)29(30,31)32/h7-14,17-18,22,25H,6,15-16H2,1-5H3,(H,34,40)/t18-,22-,25-/m1/s1. The van der Waals surface area contributed by atoms with Crippen LogP contribution in [-0.4, -0.2) is 50.9 Å². The number of hydrogen-bond donors (Lipinski definition) is 1. The highest BCUT2D eigenvalue weighted by molar-refractivity contribution is 6.20. The first kappa shape index (κ1) is 29.9. The Hall–Kier alpha value is -4.09. The molecule has 1 aromatic heterocycles. The molecule has 12 heteroatoms. The number of likely N-dealkylation sites (N-methyl/N-ethyl adjacent to an activating group) is 1. The molecule has 41 heavy (non-hydrogen) atoms. The SMILES string of the molecule is CCCn1nnnc1[C@H](C)[C@@H](CC(C)C)C(=O)N[C@H]1N=C(c2ccc(C(F)(F)F)cc2)c2ccccc2N(C)C1=O. The van der Waals surface area contributed by atoms with E-state index < -0.39 is 29.7 Å². The molecule has 2 heterocycles. The highest BCUT2D eigenvalue weighted by Crippen LogP contribution is 2.32. The van der Waals surface area contributed by atoms with Crippen molar-refractivity contribution in [2.45, 2.75) is 65.3 Å². The summed E-state index contributed by atoms with van der Waals surface area (Å²) >= 11 is 0. The van der Waals surface area contributed by atoms with Crippen LogP contribution < -0.4 is 10.2 Å². The molecule has 0 saturated heterocycles. The van der Waals surface area contributed by atoms with Gasteiger partial charge < -0.3 is 10.2 Å². The van der Waals surface area contributed by atoms with E-state index in [2.05, 4.69) is 25.8 Å². The van der Waals surface area contributed by atoms with Crippen molar-refractivity contribution in [2.24, 2.45) is 16.8 Å². The maximum absolute atomic E-state index is 13.8. The molecule has 9 nitrogen and oxygen atoms in total. The van der Waals surface area contributed by atoms with Gasteiger partial charge in [0.25, 0.3) is 5.91 Å². The van der Waals surface area contributed by atoms with Crippen LogP contribution in [0.4, 0.5) is 18.9 Å². The molecule has 0 spiro atoms. The number of halogens is 3. The summed E-state index contributed by atoms with van der Waals surface area (Å²) in [5, 5.41) is 14.9. The highest BCUT2D eigenvalue weighted by Gasteiger charge is 2.36. The van der Waals surface area contributed by atoms with Gasteiger partial charge in [-0.1, -0.05) is 58.0 Å². The molecule has 2 amide bonds. The average Bonchev–Trinajstić information content (AvgIpc) is 3.37. The van der Waals surface area contributed by atoms with E-state index in [1.54, 1.807) is 36.0 Å². The molecule has 0 unspecified atom stereocenters. The number of nitrogens with one attached hydrogen (secondary N) is 1. The van der Waals surface area contributed by atoms with Gasteiger partial charge in [-0.3, -0.25) is 9.59 Å². The van der Waals surface area contributed by atoms with Crippen molar-refractivity contribution in [3.8, 4) is 0 Å². The third-order valence-corrected chi connectivity index (χ3v) is 7.18. The second-order valence-corrected chi connectivity index (χ2v) is 10.7. The molecule has 0 fully saturated rings. The molecule has 1 N–H and O–H groups in total. The number of aryl methyl sites for hydroxylation is 1. The number of aliphatic imine (C=N–C) groups is 1. The summed E-state index contributed by atoms with van der Waals surface area (Å²) in [4.78, 5) is 33.5. The molecule has 0 saturated carbocycles. The van der Waals surface area contributed by atoms with Crippen LogP contribution >= 0.6 is 0 Å². The Balaban J connectivity index is 1.72. The number of para-hydroxylation sites is 1. The van der Waals surface area contributed by atoms with Crippen LogP contribution in [0.25, 0.3) is 0 Å². The zero-order valence-electron chi connectivity index (χ0n) is 23.7. The molecule has 1 aliphatic rings. The maximum Gasteiger partial charge on any atom is 0.416 e. The summed E-state index contributed by atoms with van der Waals surface area (Å²) < 4.78 is 41.4. The van der Waals surface area contributed by atoms with E-state index in [4.69, 9.17) is 0 Å². The first-order valence-corrected chi connectivity index (χ1v) is 13.6. The van der Waals surface area contributed by atoms with Gasteiger partial charge in [0.1, 0.15) is 0 Å². The zero-order chi connectivity index (χ0) is 29.9. The maximum atomic E-state index is 13.8. The Bertz CT molecular complexity index is 1420. The second kappa shape index (κ2) is 12.2. The van der Waals surface area contributed by atoms with Crippen molar-refractivity contribution in [1.82, 2.24) is 25.5 Å². The number of aromatic nitrogens is 4. The Morgan fingerprint density at radius 3 is 2.39 bits per heavy atom. The fourth-order valence-corrected chi connectivity index (χ4v) is 5.04. The van der Waals surface area contributed by atoms with E-state index in [9.17, 15) is 22.8 Å².